The van der Waals surface area contributed by atoms with Gasteiger partial charge in [0.05, 0.1) is 6.54 Å². The Kier molecular flexibility index (Phi) is 5.94. The lowest BCUT2D eigenvalue weighted by Crippen LogP contribution is -2.30. The molecule has 5 nitrogen and oxygen atoms in total. The van der Waals surface area contributed by atoms with Gasteiger partial charge in [-0.1, -0.05) is 6.92 Å². The van der Waals surface area contributed by atoms with E-state index in [4.69, 9.17) is 0 Å². The molecule has 1 aliphatic rings. The SMILES string of the molecule is CCCN(C)CC(=O)Nc1ncc(C2CCNCC2)s1. The number of piperidine rings is 1. The maximum absolute atomic E-state index is 11.9. The second kappa shape index (κ2) is 7.71. The Morgan fingerprint density at radius 3 is 3.00 bits per heavy atom. The van der Waals surface area contributed by atoms with Crippen molar-refractivity contribution in [2.24, 2.45) is 0 Å². The number of anilines is 1. The monoisotopic (exact) mass is 296 g/mol. The topological polar surface area (TPSA) is 57.3 Å². The highest BCUT2D eigenvalue weighted by atomic mass is 32.1. The third kappa shape index (κ3) is 4.54. The summed E-state index contributed by atoms with van der Waals surface area (Å²) in [5, 5.41) is 7.00. The summed E-state index contributed by atoms with van der Waals surface area (Å²) >= 11 is 1.62. The summed E-state index contributed by atoms with van der Waals surface area (Å²) in [6.45, 7) is 5.63. The minimum absolute atomic E-state index is 0.0205. The second-order valence-electron chi connectivity index (χ2n) is 5.38. The van der Waals surface area contributed by atoms with Crippen molar-refractivity contribution in [3.05, 3.63) is 11.1 Å². The van der Waals surface area contributed by atoms with Crippen LogP contribution in [0, 0.1) is 0 Å². The Balaban J connectivity index is 1.84. The van der Waals surface area contributed by atoms with Gasteiger partial charge in [0.2, 0.25) is 5.91 Å². The van der Waals surface area contributed by atoms with E-state index in [1.807, 2.05) is 18.1 Å². The van der Waals surface area contributed by atoms with Crippen LogP contribution in [0.3, 0.4) is 0 Å². The molecule has 1 fully saturated rings. The fraction of sp³-hybridized carbons (Fsp3) is 0.714. The first-order chi connectivity index (χ1) is 9.69. The average molecular weight is 296 g/mol. The highest BCUT2D eigenvalue weighted by Gasteiger charge is 2.18. The van der Waals surface area contributed by atoms with Crippen molar-refractivity contribution >= 4 is 22.4 Å². The van der Waals surface area contributed by atoms with E-state index in [1.165, 1.54) is 4.88 Å². The second-order valence-corrected chi connectivity index (χ2v) is 6.44. The summed E-state index contributed by atoms with van der Waals surface area (Å²) in [6.07, 6.45) is 5.30. The summed E-state index contributed by atoms with van der Waals surface area (Å²) < 4.78 is 0. The van der Waals surface area contributed by atoms with Gasteiger partial charge in [-0.2, -0.15) is 0 Å². The molecule has 2 rings (SSSR count). The molecule has 112 valence electrons. The third-order valence-corrected chi connectivity index (χ3v) is 4.61. The zero-order chi connectivity index (χ0) is 14.4. The van der Waals surface area contributed by atoms with Crippen molar-refractivity contribution in [2.75, 3.05) is 38.5 Å². The van der Waals surface area contributed by atoms with Crippen molar-refractivity contribution in [2.45, 2.75) is 32.1 Å². The number of rotatable bonds is 6. The molecular weight excluding hydrogens is 272 g/mol. The van der Waals surface area contributed by atoms with E-state index in [2.05, 4.69) is 22.5 Å². The molecule has 0 unspecified atom stereocenters. The number of carbonyl (C=O) groups is 1. The largest absolute Gasteiger partial charge is 0.317 e. The van der Waals surface area contributed by atoms with Crippen LogP contribution in [-0.4, -0.2) is 49.0 Å². The standard InChI is InChI=1S/C14H24N4OS/c1-3-8-18(2)10-13(19)17-14-16-9-12(20-14)11-4-6-15-7-5-11/h9,11,15H,3-8,10H2,1-2H3,(H,16,17,19). The number of amides is 1. The van der Waals surface area contributed by atoms with Crippen molar-refractivity contribution in [1.82, 2.24) is 15.2 Å². The van der Waals surface area contributed by atoms with Crippen LogP contribution in [0.4, 0.5) is 5.13 Å². The summed E-state index contributed by atoms with van der Waals surface area (Å²) in [4.78, 5) is 19.5. The molecule has 1 amide bonds. The molecule has 1 aromatic heterocycles. The van der Waals surface area contributed by atoms with Crippen LogP contribution in [0.5, 0.6) is 0 Å². The first kappa shape index (κ1) is 15.4. The van der Waals surface area contributed by atoms with Gasteiger partial charge >= 0.3 is 0 Å². The molecule has 2 heterocycles. The van der Waals surface area contributed by atoms with E-state index in [0.717, 1.165) is 44.0 Å². The van der Waals surface area contributed by atoms with E-state index >= 15 is 0 Å². The zero-order valence-corrected chi connectivity index (χ0v) is 13.1. The fourth-order valence-electron chi connectivity index (χ4n) is 2.50. The lowest BCUT2D eigenvalue weighted by atomic mass is 9.97. The molecule has 0 bridgehead atoms. The van der Waals surface area contributed by atoms with Gasteiger partial charge in [0.1, 0.15) is 0 Å². The Morgan fingerprint density at radius 1 is 1.55 bits per heavy atom. The number of aromatic nitrogens is 1. The molecule has 2 N–H and O–H groups in total. The molecule has 1 aromatic rings. The minimum atomic E-state index is 0.0205. The van der Waals surface area contributed by atoms with E-state index < -0.39 is 0 Å². The quantitative estimate of drug-likeness (QED) is 0.842. The average Bonchev–Trinajstić information content (AvgIpc) is 2.88. The first-order valence-corrected chi connectivity index (χ1v) is 8.15. The number of nitrogens with one attached hydrogen (secondary N) is 2. The van der Waals surface area contributed by atoms with Gasteiger partial charge in [-0.15, -0.1) is 11.3 Å². The highest BCUT2D eigenvalue weighted by molar-refractivity contribution is 7.15. The number of nitrogens with zero attached hydrogens (tertiary/aromatic N) is 2. The molecule has 0 aromatic carbocycles. The van der Waals surface area contributed by atoms with Gasteiger partial charge in [0.15, 0.2) is 5.13 Å². The van der Waals surface area contributed by atoms with Crippen LogP contribution < -0.4 is 10.6 Å². The molecule has 0 radical (unpaired) electrons. The van der Waals surface area contributed by atoms with Gasteiger partial charge in [-0.25, -0.2) is 4.98 Å². The number of hydrogen-bond acceptors (Lipinski definition) is 5. The summed E-state index contributed by atoms with van der Waals surface area (Å²) in [5.74, 6) is 0.620. The molecule has 0 spiro atoms. The van der Waals surface area contributed by atoms with E-state index in [1.54, 1.807) is 11.3 Å². The van der Waals surface area contributed by atoms with Crippen LogP contribution >= 0.6 is 11.3 Å². The maximum atomic E-state index is 11.9. The normalized spacial score (nSPS) is 16.6. The zero-order valence-electron chi connectivity index (χ0n) is 12.3. The van der Waals surface area contributed by atoms with Crippen molar-refractivity contribution in [3.63, 3.8) is 0 Å². The van der Waals surface area contributed by atoms with Crippen LogP contribution in [0.2, 0.25) is 0 Å². The lowest BCUT2D eigenvalue weighted by Gasteiger charge is -2.20. The lowest BCUT2D eigenvalue weighted by molar-refractivity contribution is -0.117. The minimum Gasteiger partial charge on any atom is -0.317 e. The Morgan fingerprint density at radius 2 is 2.30 bits per heavy atom. The smallest absolute Gasteiger partial charge is 0.240 e. The van der Waals surface area contributed by atoms with E-state index in [0.29, 0.717) is 12.5 Å². The Hall–Kier alpha value is -0.980. The van der Waals surface area contributed by atoms with Crippen LogP contribution in [0.25, 0.3) is 0 Å². The number of hydrogen-bond donors (Lipinski definition) is 2. The fourth-order valence-corrected chi connectivity index (χ4v) is 3.51. The van der Waals surface area contributed by atoms with Gasteiger partial charge in [0, 0.05) is 11.1 Å². The number of thiazole rings is 1. The van der Waals surface area contributed by atoms with Gasteiger partial charge in [0.25, 0.3) is 0 Å². The maximum Gasteiger partial charge on any atom is 0.240 e. The van der Waals surface area contributed by atoms with Crippen LogP contribution in [0.1, 0.15) is 37.0 Å². The molecule has 20 heavy (non-hydrogen) atoms. The molecule has 6 heteroatoms. The highest BCUT2D eigenvalue weighted by Crippen LogP contribution is 2.31. The summed E-state index contributed by atoms with van der Waals surface area (Å²) in [5.41, 5.74) is 0. The van der Waals surface area contributed by atoms with Crippen molar-refractivity contribution < 1.29 is 4.79 Å². The van der Waals surface area contributed by atoms with Crippen molar-refractivity contribution in [1.29, 1.82) is 0 Å². The van der Waals surface area contributed by atoms with Crippen LogP contribution in [0.15, 0.2) is 6.20 Å². The molecule has 0 aliphatic carbocycles. The first-order valence-electron chi connectivity index (χ1n) is 7.34. The molecule has 1 saturated heterocycles. The Bertz CT molecular complexity index is 429. The van der Waals surface area contributed by atoms with Gasteiger partial charge in [-0.05, 0) is 51.9 Å². The van der Waals surface area contributed by atoms with Gasteiger partial charge in [-0.3, -0.25) is 9.69 Å². The number of likely N-dealkylation sites (N-methyl/N-ethyl adjacent to an activating group) is 1. The van der Waals surface area contributed by atoms with E-state index in [-0.39, 0.29) is 5.91 Å². The molecular formula is C14H24N4OS. The molecule has 0 saturated carbocycles. The summed E-state index contributed by atoms with van der Waals surface area (Å²) in [6, 6.07) is 0. The predicted molar refractivity (Wildman–Crippen MR) is 83.4 cm³/mol. The molecule has 0 atom stereocenters. The number of carbonyl (C=O) groups excluding carboxylic acids is 1. The van der Waals surface area contributed by atoms with Crippen LogP contribution in [-0.2, 0) is 4.79 Å². The van der Waals surface area contributed by atoms with Gasteiger partial charge < -0.3 is 10.6 Å². The van der Waals surface area contributed by atoms with Crippen molar-refractivity contribution in [3.8, 4) is 0 Å². The Labute approximate surface area is 124 Å². The third-order valence-electron chi connectivity index (χ3n) is 3.53. The summed E-state index contributed by atoms with van der Waals surface area (Å²) in [7, 11) is 1.96. The predicted octanol–water partition coefficient (Wildman–Crippen LogP) is 1.89. The van der Waals surface area contributed by atoms with E-state index in [9.17, 15) is 4.79 Å². The molecule has 1 aliphatic heterocycles.